The highest BCUT2D eigenvalue weighted by Crippen LogP contribution is 2.20. The molecule has 1 N–H and O–H groups in total. The Bertz CT molecular complexity index is 694. The average molecular weight is 327 g/mol. The van der Waals surface area contributed by atoms with Crippen LogP contribution in [0.25, 0.3) is 0 Å². The first kappa shape index (κ1) is 16.3. The van der Waals surface area contributed by atoms with Crippen molar-refractivity contribution >= 4 is 11.7 Å². The number of anilines is 1. The van der Waals surface area contributed by atoms with Gasteiger partial charge in [0.15, 0.2) is 0 Å². The molecular weight excluding hydrogens is 305 g/mol. The van der Waals surface area contributed by atoms with Gasteiger partial charge in [0.2, 0.25) is 0 Å². The van der Waals surface area contributed by atoms with Crippen molar-refractivity contribution < 1.29 is 9.18 Å². The zero-order chi connectivity index (χ0) is 16.9. The number of halogens is 1. The molecule has 0 bridgehead atoms. The van der Waals surface area contributed by atoms with Crippen LogP contribution in [-0.4, -0.2) is 37.1 Å². The Labute approximate surface area is 141 Å². The van der Waals surface area contributed by atoms with Gasteiger partial charge < -0.3 is 15.1 Å². The number of aryl methyl sites for hydroxylation is 1. The van der Waals surface area contributed by atoms with Gasteiger partial charge >= 0.3 is 6.03 Å². The van der Waals surface area contributed by atoms with Crippen molar-refractivity contribution in [1.29, 1.82) is 0 Å². The van der Waals surface area contributed by atoms with Crippen molar-refractivity contribution in [2.45, 2.75) is 13.5 Å². The van der Waals surface area contributed by atoms with E-state index in [9.17, 15) is 9.18 Å². The fraction of sp³-hybridized carbons (Fsp3) is 0.316. The van der Waals surface area contributed by atoms with E-state index in [4.69, 9.17) is 0 Å². The minimum Gasteiger partial charge on any atom is -0.368 e. The smallest absolute Gasteiger partial charge is 0.317 e. The molecule has 3 rings (SSSR count). The number of nitrogens with one attached hydrogen (secondary N) is 1. The second-order valence-electron chi connectivity index (χ2n) is 6.05. The van der Waals surface area contributed by atoms with Gasteiger partial charge in [0.05, 0.1) is 0 Å². The maximum absolute atomic E-state index is 12.9. The van der Waals surface area contributed by atoms with E-state index in [2.05, 4.69) is 29.3 Å². The Morgan fingerprint density at radius 1 is 1.04 bits per heavy atom. The van der Waals surface area contributed by atoms with Crippen molar-refractivity contribution in [1.82, 2.24) is 10.2 Å². The third kappa shape index (κ3) is 3.85. The van der Waals surface area contributed by atoms with Crippen LogP contribution in [0.1, 0.15) is 11.1 Å². The Hall–Kier alpha value is -2.56. The fourth-order valence-corrected chi connectivity index (χ4v) is 2.96. The Morgan fingerprint density at radius 2 is 1.71 bits per heavy atom. The van der Waals surface area contributed by atoms with Crippen LogP contribution in [0.4, 0.5) is 14.9 Å². The molecule has 5 heteroatoms. The van der Waals surface area contributed by atoms with Crippen LogP contribution in [0, 0.1) is 12.7 Å². The number of urea groups is 1. The summed E-state index contributed by atoms with van der Waals surface area (Å²) < 4.78 is 12.9. The van der Waals surface area contributed by atoms with E-state index in [0.717, 1.165) is 18.7 Å². The number of amides is 2. The molecule has 0 aromatic heterocycles. The van der Waals surface area contributed by atoms with Gasteiger partial charge in [0.25, 0.3) is 0 Å². The maximum atomic E-state index is 12.9. The number of hydrogen-bond donors (Lipinski definition) is 1. The normalized spacial score (nSPS) is 14.6. The van der Waals surface area contributed by atoms with Crippen molar-refractivity contribution in [2.24, 2.45) is 0 Å². The molecule has 2 aromatic rings. The molecular formula is C19H22FN3O. The lowest BCUT2D eigenvalue weighted by molar-refractivity contribution is 0.194. The van der Waals surface area contributed by atoms with E-state index < -0.39 is 0 Å². The van der Waals surface area contributed by atoms with Crippen LogP contribution in [0.2, 0.25) is 0 Å². The summed E-state index contributed by atoms with van der Waals surface area (Å²) in [4.78, 5) is 16.4. The number of carbonyl (C=O) groups is 1. The molecule has 0 aliphatic carbocycles. The van der Waals surface area contributed by atoms with E-state index >= 15 is 0 Å². The van der Waals surface area contributed by atoms with Gasteiger partial charge in [0, 0.05) is 38.4 Å². The highest BCUT2D eigenvalue weighted by molar-refractivity contribution is 5.74. The summed E-state index contributed by atoms with van der Waals surface area (Å²) in [5, 5.41) is 2.90. The van der Waals surface area contributed by atoms with Gasteiger partial charge in [-0.25, -0.2) is 9.18 Å². The predicted octanol–water partition coefficient (Wildman–Crippen LogP) is 3.17. The first-order chi connectivity index (χ1) is 11.6. The third-order valence-electron chi connectivity index (χ3n) is 4.38. The highest BCUT2D eigenvalue weighted by Gasteiger charge is 2.21. The molecule has 1 aliphatic heterocycles. The third-order valence-corrected chi connectivity index (χ3v) is 4.38. The predicted molar refractivity (Wildman–Crippen MR) is 93.6 cm³/mol. The lowest BCUT2D eigenvalue weighted by atomic mass is 10.1. The average Bonchev–Trinajstić information content (AvgIpc) is 2.61. The number of rotatable bonds is 3. The second-order valence-corrected chi connectivity index (χ2v) is 6.05. The van der Waals surface area contributed by atoms with Gasteiger partial charge in [-0.05, 0) is 36.2 Å². The maximum Gasteiger partial charge on any atom is 0.317 e. The number of para-hydroxylation sites is 1. The van der Waals surface area contributed by atoms with E-state index in [1.54, 1.807) is 12.1 Å². The lowest BCUT2D eigenvalue weighted by Gasteiger charge is -2.36. The second kappa shape index (κ2) is 7.34. The van der Waals surface area contributed by atoms with Gasteiger partial charge in [0.1, 0.15) is 5.82 Å². The molecule has 0 atom stereocenters. The zero-order valence-electron chi connectivity index (χ0n) is 13.8. The van der Waals surface area contributed by atoms with Crippen LogP contribution in [-0.2, 0) is 6.54 Å². The molecule has 4 nitrogen and oxygen atoms in total. The summed E-state index contributed by atoms with van der Waals surface area (Å²) in [6.45, 7) is 5.57. The molecule has 126 valence electrons. The summed E-state index contributed by atoms with van der Waals surface area (Å²) in [5.74, 6) is -0.266. The molecule has 1 heterocycles. The first-order valence-corrected chi connectivity index (χ1v) is 8.21. The number of benzene rings is 2. The molecule has 1 saturated heterocycles. The van der Waals surface area contributed by atoms with Crippen molar-refractivity contribution in [3.63, 3.8) is 0 Å². The summed E-state index contributed by atoms with van der Waals surface area (Å²) in [6.07, 6.45) is 0. The van der Waals surface area contributed by atoms with Gasteiger partial charge in [-0.15, -0.1) is 0 Å². The molecule has 0 radical (unpaired) electrons. The monoisotopic (exact) mass is 327 g/mol. The molecule has 1 aliphatic rings. The van der Waals surface area contributed by atoms with Crippen LogP contribution in [0.5, 0.6) is 0 Å². The highest BCUT2D eigenvalue weighted by atomic mass is 19.1. The van der Waals surface area contributed by atoms with Gasteiger partial charge in [-0.1, -0.05) is 30.3 Å². The Morgan fingerprint density at radius 3 is 2.38 bits per heavy atom. The Balaban J connectivity index is 1.50. The zero-order valence-corrected chi connectivity index (χ0v) is 13.8. The topological polar surface area (TPSA) is 35.6 Å². The molecule has 2 aromatic carbocycles. The first-order valence-electron chi connectivity index (χ1n) is 8.21. The van der Waals surface area contributed by atoms with E-state index in [0.29, 0.717) is 19.6 Å². The standard InChI is InChI=1S/C19H22FN3O/c1-15-4-2-3-5-18(15)22-10-12-23(13-11-22)19(24)21-14-16-6-8-17(20)9-7-16/h2-9H,10-14H2,1H3,(H,21,24). The molecule has 2 amide bonds. The summed E-state index contributed by atoms with van der Waals surface area (Å²) in [6, 6.07) is 14.4. The summed E-state index contributed by atoms with van der Waals surface area (Å²) in [5.41, 5.74) is 3.39. The molecule has 0 unspecified atom stereocenters. The Kier molecular flexibility index (Phi) is 4.99. The van der Waals surface area contributed by atoms with Gasteiger partial charge in [-0.2, -0.15) is 0 Å². The fourth-order valence-electron chi connectivity index (χ4n) is 2.96. The number of hydrogen-bond acceptors (Lipinski definition) is 2. The largest absolute Gasteiger partial charge is 0.368 e. The SMILES string of the molecule is Cc1ccccc1N1CCN(C(=O)NCc2ccc(F)cc2)CC1. The van der Waals surface area contributed by atoms with Crippen molar-refractivity contribution in [3.05, 3.63) is 65.5 Å². The molecule has 0 saturated carbocycles. The van der Waals surface area contributed by atoms with Crippen molar-refractivity contribution in [3.8, 4) is 0 Å². The molecule has 24 heavy (non-hydrogen) atoms. The van der Waals surface area contributed by atoms with Crippen LogP contribution in [0.3, 0.4) is 0 Å². The van der Waals surface area contributed by atoms with E-state index in [1.807, 2.05) is 17.0 Å². The number of piperazine rings is 1. The minimum absolute atomic E-state index is 0.0660. The minimum atomic E-state index is -0.266. The van der Waals surface area contributed by atoms with Crippen LogP contribution in [0.15, 0.2) is 48.5 Å². The molecule has 1 fully saturated rings. The molecule has 0 spiro atoms. The lowest BCUT2D eigenvalue weighted by Crippen LogP contribution is -2.51. The number of carbonyl (C=O) groups excluding carboxylic acids is 1. The van der Waals surface area contributed by atoms with Gasteiger partial charge in [-0.3, -0.25) is 0 Å². The summed E-state index contributed by atoms with van der Waals surface area (Å²) in [7, 11) is 0. The van der Waals surface area contributed by atoms with Crippen LogP contribution < -0.4 is 10.2 Å². The summed E-state index contributed by atoms with van der Waals surface area (Å²) >= 11 is 0. The van der Waals surface area contributed by atoms with E-state index in [-0.39, 0.29) is 11.8 Å². The van der Waals surface area contributed by atoms with E-state index in [1.165, 1.54) is 23.4 Å². The van der Waals surface area contributed by atoms with Crippen molar-refractivity contribution in [2.75, 3.05) is 31.1 Å². The quantitative estimate of drug-likeness (QED) is 0.940. The number of nitrogens with zero attached hydrogens (tertiary/aromatic N) is 2. The van der Waals surface area contributed by atoms with Crippen LogP contribution >= 0.6 is 0 Å².